The van der Waals surface area contributed by atoms with E-state index in [9.17, 15) is 9.18 Å². The van der Waals surface area contributed by atoms with Crippen LogP contribution in [0.25, 0.3) is 0 Å². The predicted octanol–water partition coefficient (Wildman–Crippen LogP) is 3.38. The Labute approximate surface area is 110 Å². The molecule has 2 nitrogen and oxygen atoms in total. The van der Waals surface area contributed by atoms with Crippen molar-refractivity contribution in [2.45, 2.75) is 19.4 Å². The number of carbonyl (C=O) groups excluding carboxylic acids is 1. The summed E-state index contributed by atoms with van der Waals surface area (Å²) in [4.78, 5) is 12.3. The first-order valence-corrected chi connectivity index (χ1v) is 6.24. The molecule has 3 rings (SSSR count). The molecule has 1 heterocycles. The van der Waals surface area contributed by atoms with Gasteiger partial charge in [-0.05, 0) is 42.8 Å². The van der Waals surface area contributed by atoms with E-state index in [-0.39, 0.29) is 17.5 Å². The van der Waals surface area contributed by atoms with E-state index in [1.807, 2.05) is 6.92 Å². The molecule has 0 fully saturated rings. The van der Waals surface area contributed by atoms with Gasteiger partial charge in [0.15, 0.2) is 5.78 Å². The fraction of sp³-hybridized carbons (Fsp3) is 0.188. The number of halogens is 1. The summed E-state index contributed by atoms with van der Waals surface area (Å²) in [6.45, 7) is 1.98. The molecule has 0 aromatic heterocycles. The molecule has 0 saturated heterocycles. The van der Waals surface area contributed by atoms with E-state index in [1.165, 1.54) is 12.1 Å². The van der Waals surface area contributed by atoms with Crippen molar-refractivity contribution in [1.82, 2.24) is 0 Å². The van der Waals surface area contributed by atoms with Crippen LogP contribution in [0, 0.1) is 5.82 Å². The minimum absolute atomic E-state index is 0.106. The zero-order chi connectivity index (χ0) is 13.4. The Kier molecular flexibility index (Phi) is 2.82. The van der Waals surface area contributed by atoms with Gasteiger partial charge in [0.1, 0.15) is 17.7 Å². The monoisotopic (exact) mass is 256 g/mol. The summed E-state index contributed by atoms with van der Waals surface area (Å²) in [6, 6.07) is 11.3. The lowest BCUT2D eigenvalue weighted by atomic mass is 9.99. The van der Waals surface area contributed by atoms with Gasteiger partial charge in [0.2, 0.25) is 0 Å². The number of rotatable bonds is 2. The molecule has 0 amide bonds. The Morgan fingerprint density at radius 3 is 2.84 bits per heavy atom. The maximum Gasteiger partial charge on any atom is 0.195 e. The molecule has 2 aromatic rings. The van der Waals surface area contributed by atoms with Gasteiger partial charge >= 0.3 is 0 Å². The van der Waals surface area contributed by atoms with Gasteiger partial charge in [-0.15, -0.1) is 0 Å². The highest BCUT2D eigenvalue weighted by Crippen LogP contribution is 2.30. The van der Waals surface area contributed by atoms with E-state index in [2.05, 4.69) is 0 Å². The zero-order valence-electron chi connectivity index (χ0n) is 10.5. The van der Waals surface area contributed by atoms with Crippen LogP contribution in [0.4, 0.5) is 4.39 Å². The van der Waals surface area contributed by atoms with Gasteiger partial charge < -0.3 is 4.74 Å². The molecule has 2 aromatic carbocycles. The summed E-state index contributed by atoms with van der Waals surface area (Å²) in [5.41, 5.74) is 1.62. The van der Waals surface area contributed by atoms with Crippen LogP contribution in [0.15, 0.2) is 42.5 Å². The van der Waals surface area contributed by atoms with Crippen LogP contribution in [0.2, 0.25) is 0 Å². The number of carbonyl (C=O) groups is 1. The van der Waals surface area contributed by atoms with E-state index >= 15 is 0 Å². The second-order valence-electron chi connectivity index (χ2n) is 4.76. The van der Waals surface area contributed by atoms with Crippen LogP contribution in [-0.4, -0.2) is 11.9 Å². The molecule has 3 heteroatoms. The molecule has 19 heavy (non-hydrogen) atoms. The average molecular weight is 256 g/mol. The van der Waals surface area contributed by atoms with E-state index < -0.39 is 5.82 Å². The van der Waals surface area contributed by atoms with Crippen LogP contribution in [0.3, 0.4) is 0 Å². The van der Waals surface area contributed by atoms with Crippen molar-refractivity contribution in [1.29, 1.82) is 0 Å². The van der Waals surface area contributed by atoms with Crippen molar-refractivity contribution in [2.75, 3.05) is 0 Å². The van der Waals surface area contributed by atoms with Gasteiger partial charge in [0.25, 0.3) is 0 Å². The number of hydrogen-bond donors (Lipinski definition) is 0. The Morgan fingerprint density at radius 2 is 2.05 bits per heavy atom. The molecule has 0 radical (unpaired) electrons. The topological polar surface area (TPSA) is 26.3 Å². The van der Waals surface area contributed by atoms with Gasteiger partial charge in [0, 0.05) is 12.0 Å². The average Bonchev–Trinajstić information content (AvgIpc) is 2.77. The summed E-state index contributed by atoms with van der Waals surface area (Å²) < 4.78 is 19.2. The molecule has 96 valence electrons. The Balaban J connectivity index is 1.98. The Hall–Kier alpha value is -2.16. The predicted molar refractivity (Wildman–Crippen MR) is 70.1 cm³/mol. The first-order valence-electron chi connectivity index (χ1n) is 6.24. The summed E-state index contributed by atoms with van der Waals surface area (Å²) in [7, 11) is 0. The molecule has 0 aliphatic carbocycles. The van der Waals surface area contributed by atoms with E-state index in [4.69, 9.17) is 4.74 Å². The van der Waals surface area contributed by atoms with Gasteiger partial charge in [-0.3, -0.25) is 4.79 Å². The van der Waals surface area contributed by atoms with Crippen molar-refractivity contribution in [3.8, 4) is 5.75 Å². The summed E-state index contributed by atoms with van der Waals surface area (Å²) >= 11 is 0. The highest BCUT2D eigenvalue weighted by molar-refractivity contribution is 6.09. The standard InChI is InChI=1S/C16H13FO2/c1-10-8-12-9-11(6-7-15(12)19-10)16(18)13-4-2-3-5-14(13)17/h2-7,9-10H,8H2,1H3/t10-/m1/s1. The molecule has 0 saturated carbocycles. The van der Waals surface area contributed by atoms with Crippen molar-refractivity contribution >= 4 is 5.78 Å². The summed E-state index contributed by atoms with van der Waals surface area (Å²) in [5.74, 6) is 0.0376. The summed E-state index contributed by atoms with van der Waals surface area (Å²) in [5, 5.41) is 0. The molecule has 1 aliphatic heterocycles. The molecule has 0 N–H and O–H groups in total. The van der Waals surface area contributed by atoms with Crippen LogP contribution in [0.1, 0.15) is 28.4 Å². The second-order valence-corrected chi connectivity index (χ2v) is 4.76. The normalized spacial score (nSPS) is 16.8. The van der Waals surface area contributed by atoms with Crippen molar-refractivity contribution in [2.24, 2.45) is 0 Å². The second kappa shape index (κ2) is 4.50. The Bertz CT molecular complexity index is 649. The lowest BCUT2D eigenvalue weighted by Crippen LogP contribution is -2.05. The molecular formula is C16H13FO2. The van der Waals surface area contributed by atoms with Crippen LogP contribution in [-0.2, 0) is 6.42 Å². The number of fused-ring (bicyclic) bond motifs is 1. The van der Waals surface area contributed by atoms with E-state index in [0.717, 1.165) is 17.7 Å². The maximum atomic E-state index is 13.6. The summed E-state index contributed by atoms with van der Waals surface area (Å²) in [6.07, 6.45) is 0.919. The number of ether oxygens (including phenoxy) is 1. The first-order chi connectivity index (χ1) is 9.15. The molecule has 1 aliphatic rings. The first kappa shape index (κ1) is 11.9. The fourth-order valence-corrected chi connectivity index (χ4v) is 2.36. The minimum Gasteiger partial charge on any atom is -0.490 e. The minimum atomic E-state index is -0.488. The lowest BCUT2D eigenvalue weighted by Gasteiger charge is -2.05. The van der Waals surface area contributed by atoms with Crippen LogP contribution >= 0.6 is 0 Å². The van der Waals surface area contributed by atoms with Gasteiger partial charge in [-0.2, -0.15) is 0 Å². The van der Waals surface area contributed by atoms with Gasteiger partial charge in [0.05, 0.1) is 5.56 Å². The highest BCUT2D eigenvalue weighted by atomic mass is 19.1. The molecule has 0 bridgehead atoms. The van der Waals surface area contributed by atoms with E-state index in [0.29, 0.717) is 5.56 Å². The van der Waals surface area contributed by atoms with Gasteiger partial charge in [-0.1, -0.05) is 12.1 Å². The zero-order valence-corrected chi connectivity index (χ0v) is 10.5. The molecular weight excluding hydrogens is 243 g/mol. The number of ketones is 1. The molecule has 0 unspecified atom stereocenters. The third kappa shape index (κ3) is 2.12. The van der Waals surface area contributed by atoms with Crippen molar-refractivity contribution in [3.05, 3.63) is 65.0 Å². The number of hydrogen-bond acceptors (Lipinski definition) is 2. The third-order valence-corrected chi connectivity index (χ3v) is 3.28. The van der Waals surface area contributed by atoms with Crippen LogP contribution in [0.5, 0.6) is 5.75 Å². The maximum absolute atomic E-state index is 13.6. The smallest absolute Gasteiger partial charge is 0.195 e. The van der Waals surface area contributed by atoms with Gasteiger partial charge in [-0.25, -0.2) is 4.39 Å². The SMILES string of the molecule is C[C@@H]1Cc2cc(C(=O)c3ccccc3F)ccc2O1. The highest BCUT2D eigenvalue weighted by Gasteiger charge is 2.21. The van der Waals surface area contributed by atoms with E-state index in [1.54, 1.807) is 30.3 Å². The molecule has 1 atom stereocenters. The third-order valence-electron chi connectivity index (χ3n) is 3.28. The number of benzene rings is 2. The van der Waals surface area contributed by atoms with Crippen molar-refractivity contribution in [3.63, 3.8) is 0 Å². The van der Waals surface area contributed by atoms with Crippen LogP contribution < -0.4 is 4.74 Å². The fourth-order valence-electron chi connectivity index (χ4n) is 2.36. The molecule has 0 spiro atoms. The van der Waals surface area contributed by atoms with Crippen molar-refractivity contribution < 1.29 is 13.9 Å². The lowest BCUT2D eigenvalue weighted by molar-refractivity contribution is 0.103. The quantitative estimate of drug-likeness (QED) is 0.770. The largest absolute Gasteiger partial charge is 0.490 e. The Morgan fingerprint density at radius 1 is 1.26 bits per heavy atom.